The minimum atomic E-state index is -0.150. The van der Waals surface area contributed by atoms with Crippen molar-refractivity contribution >= 4 is 60.2 Å². The molecule has 4 heteroatoms. The maximum absolute atomic E-state index is 13.4. The monoisotopic (exact) mass is 491 g/mol. The van der Waals surface area contributed by atoms with E-state index in [1.807, 2.05) is 91.0 Å². The van der Waals surface area contributed by atoms with Crippen LogP contribution >= 0.6 is 15.9 Å². The minimum absolute atomic E-state index is 0.150. The molecule has 0 spiro atoms. The van der Waals surface area contributed by atoms with Crippen LogP contribution in [0.1, 0.15) is 10.4 Å². The van der Waals surface area contributed by atoms with E-state index in [1.165, 1.54) is 0 Å². The third-order valence-electron chi connectivity index (χ3n) is 5.99. The third-order valence-corrected chi connectivity index (χ3v) is 6.68. The van der Waals surface area contributed by atoms with E-state index in [2.05, 4.69) is 33.4 Å². The number of furan rings is 1. The smallest absolute Gasteiger partial charge is 0.256 e. The van der Waals surface area contributed by atoms with Gasteiger partial charge in [0.25, 0.3) is 5.91 Å². The van der Waals surface area contributed by atoms with Crippen molar-refractivity contribution in [3.63, 3.8) is 0 Å². The maximum atomic E-state index is 13.4. The first-order chi connectivity index (χ1) is 16.2. The number of hydrogen-bond donors (Lipinski definition) is 1. The second-order valence-electron chi connectivity index (χ2n) is 7.92. The fraction of sp³-hybridized carbons (Fsp3) is 0. The third kappa shape index (κ3) is 3.31. The number of benzene rings is 5. The topological polar surface area (TPSA) is 42.2 Å². The van der Waals surface area contributed by atoms with Gasteiger partial charge in [0.2, 0.25) is 0 Å². The highest BCUT2D eigenvalue weighted by molar-refractivity contribution is 9.10. The van der Waals surface area contributed by atoms with Crippen molar-refractivity contribution in [3.8, 4) is 11.1 Å². The number of amides is 1. The van der Waals surface area contributed by atoms with Crippen molar-refractivity contribution in [2.45, 2.75) is 0 Å². The van der Waals surface area contributed by atoms with Crippen LogP contribution in [-0.2, 0) is 0 Å². The van der Waals surface area contributed by atoms with E-state index in [1.54, 1.807) is 0 Å². The summed E-state index contributed by atoms with van der Waals surface area (Å²) in [6.45, 7) is 0. The molecule has 0 unspecified atom stereocenters. The average Bonchev–Trinajstić information content (AvgIpc) is 3.24. The Morgan fingerprint density at radius 1 is 0.636 bits per heavy atom. The molecule has 1 N–H and O–H groups in total. The van der Waals surface area contributed by atoms with Crippen molar-refractivity contribution in [2.24, 2.45) is 0 Å². The number of carbonyl (C=O) groups excluding carboxylic acids is 1. The summed E-state index contributed by atoms with van der Waals surface area (Å²) in [7, 11) is 0. The molecule has 0 aliphatic carbocycles. The van der Waals surface area contributed by atoms with Crippen LogP contribution in [0.25, 0.3) is 43.8 Å². The highest BCUT2D eigenvalue weighted by atomic mass is 79.9. The zero-order valence-electron chi connectivity index (χ0n) is 17.5. The van der Waals surface area contributed by atoms with Crippen molar-refractivity contribution in [2.75, 3.05) is 5.32 Å². The molecule has 0 atom stereocenters. The van der Waals surface area contributed by atoms with E-state index < -0.39 is 0 Å². The lowest BCUT2D eigenvalue weighted by atomic mass is 10.00. The Hall–Kier alpha value is -3.89. The van der Waals surface area contributed by atoms with Gasteiger partial charge in [-0.25, -0.2) is 0 Å². The molecular weight excluding hydrogens is 474 g/mol. The lowest BCUT2D eigenvalue weighted by molar-refractivity contribution is 0.102. The molecule has 6 rings (SSSR count). The Morgan fingerprint density at radius 3 is 2.18 bits per heavy atom. The number of carbonyl (C=O) groups is 1. The summed E-state index contributed by atoms with van der Waals surface area (Å²) >= 11 is 3.58. The van der Waals surface area contributed by atoms with Crippen LogP contribution in [0.5, 0.6) is 0 Å². The number of fused-ring (bicyclic) bond motifs is 4. The van der Waals surface area contributed by atoms with Crippen LogP contribution in [0, 0.1) is 0 Å². The SMILES string of the molecule is O=C(Nc1ccccc1-c1cccc2c1oc1ccccc12)c1ccc(Br)c2ccccc12. The first kappa shape index (κ1) is 19.8. The molecule has 0 radical (unpaired) electrons. The van der Waals surface area contributed by atoms with Crippen LogP contribution in [-0.4, -0.2) is 5.91 Å². The van der Waals surface area contributed by atoms with Crippen molar-refractivity contribution in [1.29, 1.82) is 0 Å². The van der Waals surface area contributed by atoms with E-state index in [0.29, 0.717) is 5.56 Å². The molecule has 158 valence electrons. The van der Waals surface area contributed by atoms with Crippen molar-refractivity contribution in [3.05, 3.63) is 113 Å². The van der Waals surface area contributed by atoms with E-state index in [9.17, 15) is 4.79 Å². The highest BCUT2D eigenvalue weighted by Crippen LogP contribution is 2.38. The summed E-state index contributed by atoms with van der Waals surface area (Å²) in [6, 6.07) is 33.7. The first-order valence-corrected chi connectivity index (χ1v) is 11.5. The van der Waals surface area contributed by atoms with Gasteiger partial charge in [0.1, 0.15) is 11.2 Å². The average molecular weight is 492 g/mol. The fourth-order valence-electron chi connectivity index (χ4n) is 4.44. The van der Waals surface area contributed by atoms with Crippen molar-refractivity contribution < 1.29 is 9.21 Å². The van der Waals surface area contributed by atoms with Crippen LogP contribution in [0.4, 0.5) is 5.69 Å². The predicted octanol–water partition coefficient (Wildman–Crippen LogP) is 8.42. The minimum Gasteiger partial charge on any atom is -0.455 e. The van der Waals surface area contributed by atoms with Gasteiger partial charge in [0.05, 0.1) is 0 Å². The molecule has 33 heavy (non-hydrogen) atoms. The van der Waals surface area contributed by atoms with Crippen LogP contribution in [0.3, 0.4) is 0 Å². The predicted molar refractivity (Wildman–Crippen MR) is 139 cm³/mol. The molecule has 0 fully saturated rings. The lowest BCUT2D eigenvalue weighted by Gasteiger charge is -2.13. The first-order valence-electron chi connectivity index (χ1n) is 10.7. The van der Waals surface area contributed by atoms with Gasteiger partial charge in [-0.05, 0) is 35.0 Å². The Balaban J connectivity index is 1.47. The molecule has 0 aliphatic rings. The van der Waals surface area contributed by atoms with Gasteiger partial charge >= 0.3 is 0 Å². The Kier molecular flexibility index (Phi) is 4.74. The number of hydrogen-bond acceptors (Lipinski definition) is 2. The molecule has 6 aromatic rings. The molecule has 0 saturated heterocycles. The number of rotatable bonds is 3. The van der Waals surface area contributed by atoms with E-state index in [4.69, 9.17) is 4.42 Å². The zero-order chi connectivity index (χ0) is 22.4. The number of anilines is 1. The second-order valence-corrected chi connectivity index (χ2v) is 8.78. The van der Waals surface area contributed by atoms with Gasteiger partial charge in [0.15, 0.2) is 0 Å². The zero-order valence-corrected chi connectivity index (χ0v) is 19.1. The lowest BCUT2D eigenvalue weighted by Crippen LogP contribution is -2.13. The molecule has 1 aromatic heterocycles. The largest absolute Gasteiger partial charge is 0.455 e. The summed E-state index contributed by atoms with van der Waals surface area (Å²) < 4.78 is 7.20. The normalized spacial score (nSPS) is 11.3. The fourth-order valence-corrected chi connectivity index (χ4v) is 4.91. The molecule has 0 saturated carbocycles. The summed E-state index contributed by atoms with van der Waals surface area (Å²) in [5.41, 5.74) is 4.89. The Bertz CT molecular complexity index is 1680. The van der Waals surface area contributed by atoms with Gasteiger partial charge in [-0.15, -0.1) is 0 Å². The number of halogens is 1. The van der Waals surface area contributed by atoms with E-state index in [0.717, 1.165) is 54.0 Å². The molecule has 3 nitrogen and oxygen atoms in total. The highest BCUT2D eigenvalue weighted by Gasteiger charge is 2.17. The second kappa shape index (κ2) is 7.91. The molecule has 1 heterocycles. The van der Waals surface area contributed by atoms with Crippen LogP contribution in [0.2, 0.25) is 0 Å². The molecular formula is C29H18BrNO2. The van der Waals surface area contributed by atoms with Crippen molar-refractivity contribution in [1.82, 2.24) is 0 Å². The van der Waals surface area contributed by atoms with Gasteiger partial charge in [0, 0.05) is 37.6 Å². The van der Waals surface area contributed by atoms with E-state index >= 15 is 0 Å². The molecule has 5 aromatic carbocycles. The standard InChI is InChI=1S/C29H18BrNO2/c30-25-17-16-24(18-8-1-2-9-19(18)25)29(32)31-26-14-5-3-10-20(26)22-12-7-13-23-21-11-4-6-15-27(21)33-28(22)23/h1-17H,(H,31,32). The summed E-state index contributed by atoms with van der Waals surface area (Å²) in [6.07, 6.45) is 0. The van der Waals surface area contributed by atoms with Gasteiger partial charge in [-0.2, -0.15) is 0 Å². The molecule has 0 bridgehead atoms. The quantitative estimate of drug-likeness (QED) is 0.269. The summed E-state index contributed by atoms with van der Waals surface area (Å²) in [5.74, 6) is -0.150. The summed E-state index contributed by atoms with van der Waals surface area (Å²) in [4.78, 5) is 13.4. The Morgan fingerprint density at radius 2 is 1.30 bits per heavy atom. The number of nitrogens with one attached hydrogen (secondary N) is 1. The van der Waals surface area contributed by atoms with Gasteiger partial charge < -0.3 is 9.73 Å². The van der Waals surface area contributed by atoms with Gasteiger partial charge in [-0.3, -0.25) is 4.79 Å². The number of para-hydroxylation sites is 3. The summed E-state index contributed by atoms with van der Waals surface area (Å²) in [5, 5.41) is 7.19. The molecule has 0 aliphatic heterocycles. The van der Waals surface area contributed by atoms with E-state index in [-0.39, 0.29) is 5.91 Å². The van der Waals surface area contributed by atoms with Gasteiger partial charge in [-0.1, -0.05) is 94.8 Å². The van der Waals surface area contributed by atoms with Crippen LogP contribution in [0.15, 0.2) is 112 Å². The van der Waals surface area contributed by atoms with Crippen LogP contribution < -0.4 is 5.32 Å². The molecule has 1 amide bonds. The maximum Gasteiger partial charge on any atom is 0.256 e. The Labute approximate surface area is 198 Å².